The summed E-state index contributed by atoms with van der Waals surface area (Å²) in [5, 5.41) is 0. The largest absolute Gasteiger partial charge is 0.306 e. The van der Waals surface area contributed by atoms with Crippen molar-refractivity contribution in [2.45, 2.75) is 66.7 Å². The van der Waals surface area contributed by atoms with E-state index in [1.54, 1.807) is 0 Å². The first-order valence-corrected chi connectivity index (χ1v) is 9.20. The van der Waals surface area contributed by atoms with Gasteiger partial charge in [-0.2, -0.15) is 0 Å². The van der Waals surface area contributed by atoms with Crippen molar-refractivity contribution in [3.05, 3.63) is 0 Å². The van der Waals surface area contributed by atoms with Gasteiger partial charge in [0.2, 0.25) is 0 Å². The number of nitrogens with zero attached hydrogens (tertiary/aromatic N) is 2. The van der Waals surface area contributed by atoms with Crippen LogP contribution in [0.5, 0.6) is 0 Å². The van der Waals surface area contributed by atoms with Crippen molar-refractivity contribution in [2.75, 3.05) is 39.8 Å². The average Bonchev–Trinajstić information content (AvgIpc) is 2.53. The molecule has 0 aromatic heterocycles. The zero-order valence-electron chi connectivity index (χ0n) is 15.1. The van der Waals surface area contributed by atoms with Crippen LogP contribution >= 0.6 is 0 Å². The summed E-state index contributed by atoms with van der Waals surface area (Å²) in [6.07, 6.45) is 7.16. The molecule has 0 spiro atoms. The van der Waals surface area contributed by atoms with Gasteiger partial charge in [-0.1, -0.05) is 34.6 Å². The summed E-state index contributed by atoms with van der Waals surface area (Å²) in [4.78, 5) is 5.15. The molecule has 0 saturated carbocycles. The molecule has 0 unspecified atom stereocenters. The van der Waals surface area contributed by atoms with Gasteiger partial charge in [0.05, 0.1) is 0 Å². The van der Waals surface area contributed by atoms with Crippen LogP contribution in [0.25, 0.3) is 0 Å². The van der Waals surface area contributed by atoms with E-state index in [1.807, 2.05) is 27.7 Å². The van der Waals surface area contributed by atoms with Crippen LogP contribution in [0.1, 0.15) is 66.7 Å². The van der Waals surface area contributed by atoms with Crippen LogP contribution < -0.4 is 0 Å². The SMILES string of the molecule is CC.CC.CCCN1CCC(C2CCN(C)CC2)CC1. The van der Waals surface area contributed by atoms with Crippen LogP contribution in [0.2, 0.25) is 0 Å². The molecule has 122 valence electrons. The van der Waals surface area contributed by atoms with Gasteiger partial charge in [0.1, 0.15) is 0 Å². The zero-order valence-corrected chi connectivity index (χ0v) is 15.1. The van der Waals surface area contributed by atoms with Gasteiger partial charge in [-0.05, 0) is 83.7 Å². The Hall–Kier alpha value is -0.0800. The number of likely N-dealkylation sites (tertiary alicyclic amines) is 2. The molecule has 2 aliphatic rings. The average molecular weight is 285 g/mol. The van der Waals surface area contributed by atoms with Crippen molar-refractivity contribution in [3.63, 3.8) is 0 Å². The standard InChI is InChI=1S/C14H28N2.2C2H6/c1-3-8-16-11-6-14(7-12-16)13-4-9-15(2)10-5-13;2*1-2/h13-14H,3-12H2,1-2H3;2*1-2H3. The third-order valence-electron chi connectivity index (χ3n) is 4.60. The van der Waals surface area contributed by atoms with Gasteiger partial charge in [0, 0.05) is 0 Å². The maximum absolute atomic E-state index is 2.66. The first kappa shape index (κ1) is 19.9. The van der Waals surface area contributed by atoms with Gasteiger partial charge in [-0.15, -0.1) is 0 Å². The number of piperidine rings is 2. The van der Waals surface area contributed by atoms with Gasteiger partial charge in [0.25, 0.3) is 0 Å². The maximum Gasteiger partial charge on any atom is -0.00160 e. The molecule has 0 bridgehead atoms. The van der Waals surface area contributed by atoms with Crippen molar-refractivity contribution in [3.8, 4) is 0 Å². The molecule has 2 aliphatic heterocycles. The zero-order chi connectivity index (χ0) is 15.4. The van der Waals surface area contributed by atoms with Gasteiger partial charge >= 0.3 is 0 Å². The highest BCUT2D eigenvalue weighted by atomic mass is 15.1. The Kier molecular flexibility index (Phi) is 12.6. The monoisotopic (exact) mass is 284 g/mol. The van der Waals surface area contributed by atoms with Gasteiger partial charge in [0.15, 0.2) is 0 Å². The molecule has 2 heterocycles. The van der Waals surface area contributed by atoms with Crippen LogP contribution in [0.3, 0.4) is 0 Å². The summed E-state index contributed by atoms with van der Waals surface area (Å²) in [6.45, 7) is 17.0. The van der Waals surface area contributed by atoms with Crippen molar-refractivity contribution in [2.24, 2.45) is 11.8 Å². The second-order valence-electron chi connectivity index (χ2n) is 5.82. The van der Waals surface area contributed by atoms with Crippen LogP contribution in [0.15, 0.2) is 0 Å². The third-order valence-corrected chi connectivity index (χ3v) is 4.60. The van der Waals surface area contributed by atoms with Gasteiger partial charge in [-0.25, -0.2) is 0 Å². The summed E-state index contributed by atoms with van der Waals surface area (Å²) < 4.78 is 0. The van der Waals surface area contributed by atoms with Gasteiger partial charge in [-0.3, -0.25) is 0 Å². The molecule has 0 radical (unpaired) electrons. The predicted octanol–water partition coefficient (Wildman–Crippen LogP) is 4.50. The van der Waals surface area contributed by atoms with E-state index in [9.17, 15) is 0 Å². The summed E-state index contributed by atoms with van der Waals surface area (Å²) in [7, 11) is 2.26. The van der Waals surface area contributed by atoms with E-state index in [2.05, 4.69) is 23.8 Å². The molecule has 2 fully saturated rings. The molecule has 0 aromatic carbocycles. The Morgan fingerprint density at radius 3 is 1.55 bits per heavy atom. The molecule has 0 atom stereocenters. The quantitative estimate of drug-likeness (QED) is 0.753. The minimum absolute atomic E-state index is 1.04. The van der Waals surface area contributed by atoms with E-state index in [1.165, 1.54) is 64.8 Å². The molecule has 0 aliphatic carbocycles. The molecule has 0 N–H and O–H groups in total. The highest BCUT2D eigenvalue weighted by Crippen LogP contribution is 2.32. The normalized spacial score (nSPS) is 22.5. The van der Waals surface area contributed by atoms with Crippen molar-refractivity contribution >= 4 is 0 Å². The van der Waals surface area contributed by atoms with Crippen LogP contribution in [-0.4, -0.2) is 49.6 Å². The molecule has 0 amide bonds. The predicted molar refractivity (Wildman–Crippen MR) is 92.4 cm³/mol. The van der Waals surface area contributed by atoms with Crippen LogP contribution in [0, 0.1) is 11.8 Å². The summed E-state index contributed by atoms with van der Waals surface area (Å²) in [6, 6.07) is 0. The summed E-state index contributed by atoms with van der Waals surface area (Å²) in [5.74, 6) is 2.08. The Bertz CT molecular complexity index is 190. The van der Waals surface area contributed by atoms with E-state index in [0.717, 1.165) is 11.8 Å². The molecular weight excluding hydrogens is 244 g/mol. The first-order valence-electron chi connectivity index (χ1n) is 9.20. The first-order chi connectivity index (χ1) is 9.79. The fourth-order valence-electron chi connectivity index (χ4n) is 3.46. The fourth-order valence-corrected chi connectivity index (χ4v) is 3.46. The molecule has 2 nitrogen and oxygen atoms in total. The van der Waals surface area contributed by atoms with Gasteiger partial charge < -0.3 is 9.80 Å². The molecule has 2 rings (SSSR count). The second kappa shape index (κ2) is 12.6. The van der Waals surface area contributed by atoms with E-state index in [4.69, 9.17) is 0 Å². The molecule has 0 aromatic rings. The van der Waals surface area contributed by atoms with E-state index < -0.39 is 0 Å². The molecule has 2 saturated heterocycles. The number of hydrogen-bond donors (Lipinski definition) is 0. The lowest BCUT2D eigenvalue weighted by Gasteiger charge is -2.39. The van der Waals surface area contributed by atoms with E-state index in [-0.39, 0.29) is 0 Å². The maximum atomic E-state index is 2.66. The van der Waals surface area contributed by atoms with Crippen LogP contribution in [0.4, 0.5) is 0 Å². The lowest BCUT2D eigenvalue weighted by molar-refractivity contribution is 0.105. The summed E-state index contributed by atoms with van der Waals surface area (Å²) in [5.41, 5.74) is 0. The number of hydrogen-bond acceptors (Lipinski definition) is 2. The molecular formula is C18H40N2. The van der Waals surface area contributed by atoms with Crippen molar-refractivity contribution < 1.29 is 0 Å². The van der Waals surface area contributed by atoms with Crippen molar-refractivity contribution in [1.29, 1.82) is 0 Å². The third kappa shape index (κ3) is 7.08. The minimum atomic E-state index is 1.04. The fraction of sp³-hybridized carbons (Fsp3) is 1.00. The smallest absolute Gasteiger partial charge is 0.00160 e. The van der Waals surface area contributed by atoms with Crippen LogP contribution in [-0.2, 0) is 0 Å². The summed E-state index contributed by atoms with van der Waals surface area (Å²) >= 11 is 0. The Balaban J connectivity index is 0.000000829. The van der Waals surface area contributed by atoms with E-state index in [0.29, 0.717) is 0 Å². The number of rotatable bonds is 3. The Labute approximate surface area is 128 Å². The lowest BCUT2D eigenvalue weighted by atomic mass is 9.79. The highest BCUT2D eigenvalue weighted by molar-refractivity contribution is 4.81. The minimum Gasteiger partial charge on any atom is -0.306 e. The highest BCUT2D eigenvalue weighted by Gasteiger charge is 2.28. The Morgan fingerprint density at radius 2 is 1.15 bits per heavy atom. The lowest BCUT2D eigenvalue weighted by Crippen LogP contribution is -2.40. The topological polar surface area (TPSA) is 6.48 Å². The van der Waals surface area contributed by atoms with E-state index >= 15 is 0 Å². The Morgan fingerprint density at radius 1 is 0.750 bits per heavy atom. The second-order valence-corrected chi connectivity index (χ2v) is 5.82. The van der Waals surface area contributed by atoms with Crippen molar-refractivity contribution in [1.82, 2.24) is 9.80 Å². The molecule has 20 heavy (non-hydrogen) atoms. The molecule has 2 heteroatoms.